The number of benzene rings is 1. The second-order valence-corrected chi connectivity index (χ2v) is 5.68. The molecule has 0 saturated carbocycles. The van der Waals surface area contributed by atoms with Crippen LogP contribution in [0.15, 0.2) is 28.9 Å². The molecule has 0 aliphatic rings. The molecule has 1 heterocycles. The van der Waals surface area contributed by atoms with Crippen molar-refractivity contribution in [2.24, 2.45) is 12.8 Å². The monoisotopic (exact) mass is 356 g/mol. The van der Waals surface area contributed by atoms with Gasteiger partial charge in [0.25, 0.3) is 0 Å². The highest BCUT2D eigenvalue weighted by molar-refractivity contribution is 9.10. The molecular weight excluding hydrogens is 344 g/mol. The summed E-state index contributed by atoms with van der Waals surface area (Å²) in [5, 5.41) is 7.83. The molecule has 1 amide bonds. The van der Waals surface area contributed by atoms with Crippen LogP contribution in [0.5, 0.6) is 0 Å². The van der Waals surface area contributed by atoms with Gasteiger partial charge in [-0.25, -0.2) is 0 Å². The Labute approximate surface area is 130 Å². The van der Waals surface area contributed by atoms with E-state index in [0.717, 1.165) is 21.4 Å². The summed E-state index contributed by atoms with van der Waals surface area (Å²) in [6, 6.07) is 4.68. The second kappa shape index (κ2) is 5.85. The average Bonchev–Trinajstić information content (AvgIpc) is 2.71. The number of rotatable bonds is 4. The van der Waals surface area contributed by atoms with E-state index in [1.807, 2.05) is 14.0 Å². The van der Waals surface area contributed by atoms with E-state index in [1.54, 1.807) is 29.1 Å². The van der Waals surface area contributed by atoms with Crippen molar-refractivity contribution in [3.05, 3.63) is 45.1 Å². The van der Waals surface area contributed by atoms with Crippen LogP contribution in [0, 0.1) is 6.92 Å². The van der Waals surface area contributed by atoms with Gasteiger partial charge in [-0.2, -0.15) is 5.10 Å². The number of halogens is 2. The van der Waals surface area contributed by atoms with Crippen molar-refractivity contribution in [1.82, 2.24) is 9.78 Å². The summed E-state index contributed by atoms with van der Waals surface area (Å²) in [6.45, 7) is 1.89. The Morgan fingerprint density at radius 3 is 2.75 bits per heavy atom. The van der Waals surface area contributed by atoms with Crippen molar-refractivity contribution < 1.29 is 4.79 Å². The van der Waals surface area contributed by atoms with Gasteiger partial charge in [-0.3, -0.25) is 9.48 Å². The normalized spacial score (nSPS) is 12.2. The van der Waals surface area contributed by atoms with E-state index in [1.165, 1.54) is 0 Å². The average molecular weight is 358 g/mol. The first-order valence-corrected chi connectivity index (χ1v) is 7.06. The van der Waals surface area contributed by atoms with Crippen molar-refractivity contribution in [1.29, 1.82) is 0 Å². The van der Waals surface area contributed by atoms with E-state index >= 15 is 0 Å². The lowest BCUT2D eigenvalue weighted by molar-refractivity contribution is -0.118. The number of nitrogens with two attached hydrogens (primary N) is 1. The minimum absolute atomic E-state index is 0.466. The summed E-state index contributed by atoms with van der Waals surface area (Å²) in [6.07, 6.45) is 1.64. The third kappa shape index (κ3) is 2.96. The molecule has 1 atom stereocenters. The van der Waals surface area contributed by atoms with Crippen molar-refractivity contribution in [2.75, 3.05) is 5.32 Å². The van der Waals surface area contributed by atoms with Crippen LogP contribution in [0.3, 0.4) is 0 Å². The molecule has 0 radical (unpaired) electrons. The molecule has 0 aliphatic heterocycles. The molecule has 3 N–H and O–H groups in total. The molecule has 0 spiro atoms. The van der Waals surface area contributed by atoms with Crippen LogP contribution in [-0.2, 0) is 11.8 Å². The fourth-order valence-corrected chi connectivity index (χ4v) is 2.35. The first-order valence-electron chi connectivity index (χ1n) is 5.89. The predicted octanol–water partition coefficient (Wildman–Crippen LogP) is 2.78. The van der Waals surface area contributed by atoms with Gasteiger partial charge in [0.15, 0.2) is 0 Å². The van der Waals surface area contributed by atoms with E-state index in [2.05, 4.69) is 26.3 Å². The topological polar surface area (TPSA) is 72.9 Å². The highest BCUT2D eigenvalue weighted by atomic mass is 79.9. The smallest absolute Gasteiger partial charge is 0.244 e. The number of hydrogen-bond donors (Lipinski definition) is 2. The van der Waals surface area contributed by atoms with Gasteiger partial charge >= 0.3 is 0 Å². The van der Waals surface area contributed by atoms with Crippen LogP contribution in [0.25, 0.3) is 0 Å². The van der Waals surface area contributed by atoms with Crippen LogP contribution in [0.4, 0.5) is 5.69 Å². The summed E-state index contributed by atoms with van der Waals surface area (Å²) in [5.41, 5.74) is 7.87. The number of aromatic nitrogens is 2. The van der Waals surface area contributed by atoms with Crippen LogP contribution in [0.1, 0.15) is 17.3 Å². The summed E-state index contributed by atoms with van der Waals surface area (Å²) < 4.78 is 2.44. The first kappa shape index (κ1) is 14.9. The van der Waals surface area contributed by atoms with E-state index < -0.39 is 11.9 Å². The quantitative estimate of drug-likeness (QED) is 0.883. The number of carbonyl (C=O) groups excluding carboxylic acids is 1. The van der Waals surface area contributed by atoms with E-state index in [4.69, 9.17) is 17.3 Å². The Hall–Kier alpha value is -1.53. The minimum Gasteiger partial charge on any atom is -0.370 e. The van der Waals surface area contributed by atoms with Gasteiger partial charge < -0.3 is 11.1 Å². The van der Waals surface area contributed by atoms with Crippen LogP contribution in [-0.4, -0.2) is 15.7 Å². The number of nitrogens with one attached hydrogen (secondary N) is 1. The van der Waals surface area contributed by atoms with Crippen LogP contribution in [0.2, 0.25) is 5.02 Å². The van der Waals surface area contributed by atoms with Gasteiger partial charge in [0, 0.05) is 28.5 Å². The zero-order valence-corrected chi connectivity index (χ0v) is 13.4. The number of hydrogen-bond acceptors (Lipinski definition) is 3. The minimum atomic E-state index is -0.642. The number of nitrogens with zero attached hydrogens (tertiary/aromatic N) is 2. The molecule has 0 bridgehead atoms. The van der Waals surface area contributed by atoms with Crippen molar-refractivity contribution in [3.8, 4) is 0 Å². The molecule has 106 valence electrons. The van der Waals surface area contributed by atoms with Crippen LogP contribution < -0.4 is 11.1 Å². The van der Waals surface area contributed by atoms with Gasteiger partial charge in [-0.1, -0.05) is 11.6 Å². The van der Waals surface area contributed by atoms with Crippen molar-refractivity contribution in [2.45, 2.75) is 13.0 Å². The van der Waals surface area contributed by atoms with E-state index in [9.17, 15) is 4.79 Å². The standard InChI is InChI=1S/C13H14BrClN4O/c1-7-9(6-17-19(7)2)12(13(16)20)18-8-3-4-11(15)10(14)5-8/h3-6,12,18H,1-2H3,(H2,16,20). The summed E-state index contributed by atoms with van der Waals surface area (Å²) in [4.78, 5) is 11.7. The molecule has 20 heavy (non-hydrogen) atoms. The Morgan fingerprint density at radius 2 is 2.25 bits per heavy atom. The first-order chi connectivity index (χ1) is 9.40. The highest BCUT2D eigenvalue weighted by Gasteiger charge is 2.22. The SMILES string of the molecule is Cc1c(C(Nc2ccc(Cl)c(Br)c2)C(N)=O)cnn1C. The number of carbonyl (C=O) groups is 1. The maximum atomic E-state index is 11.7. The Balaban J connectivity index is 2.33. The lowest BCUT2D eigenvalue weighted by Crippen LogP contribution is -2.28. The van der Waals surface area contributed by atoms with E-state index in [0.29, 0.717) is 5.02 Å². The lowest BCUT2D eigenvalue weighted by Gasteiger charge is -2.17. The molecule has 1 unspecified atom stereocenters. The Kier molecular flexibility index (Phi) is 4.35. The van der Waals surface area contributed by atoms with Gasteiger partial charge in [-0.15, -0.1) is 0 Å². The largest absolute Gasteiger partial charge is 0.370 e. The van der Waals surface area contributed by atoms with Gasteiger partial charge in [0.1, 0.15) is 6.04 Å². The zero-order chi connectivity index (χ0) is 14.9. The lowest BCUT2D eigenvalue weighted by atomic mass is 10.1. The summed E-state index contributed by atoms with van der Waals surface area (Å²) >= 11 is 9.29. The molecular formula is C13H14BrClN4O. The fraction of sp³-hybridized carbons (Fsp3) is 0.231. The second-order valence-electron chi connectivity index (χ2n) is 4.42. The molecule has 0 aliphatic carbocycles. The fourth-order valence-electron chi connectivity index (χ4n) is 1.85. The molecule has 2 rings (SSSR count). The molecule has 5 nitrogen and oxygen atoms in total. The highest BCUT2D eigenvalue weighted by Crippen LogP contribution is 2.28. The summed E-state index contributed by atoms with van der Waals surface area (Å²) in [5.74, 6) is -0.466. The third-order valence-corrected chi connectivity index (χ3v) is 4.31. The van der Waals surface area contributed by atoms with Gasteiger partial charge in [0.2, 0.25) is 5.91 Å². The van der Waals surface area contributed by atoms with Crippen molar-refractivity contribution in [3.63, 3.8) is 0 Å². The van der Waals surface area contributed by atoms with E-state index in [-0.39, 0.29) is 0 Å². The number of primary amides is 1. The maximum Gasteiger partial charge on any atom is 0.244 e. The zero-order valence-electron chi connectivity index (χ0n) is 11.0. The molecule has 1 aromatic heterocycles. The number of amides is 1. The summed E-state index contributed by atoms with van der Waals surface area (Å²) in [7, 11) is 1.82. The van der Waals surface area contributed by atoms with Crippen molar-refractivity contribution >= 4 is 39.1 Å². The molecule has 7 heteroatoms. The van der Waals surface area contributed by atoms with Gasteiger partial charge in [-0.05, 0) is 41.1 Å². The molecule has 0 fully saturated rings. The molecule has 1 aromatic carbocycles. The van der Waals surface area contributed by atoms with Crippen LogP contribution >= 0.6 is 27.5 Å². The number of aryl methyl sites for hydroxylation is 1. The third-order valence-electron chi connectivity index (χ3n) is 3.10. The Bertz CT molecular complexity index is 656. The predicted molar refractivity (Wildman–Crippen MR) is 82.7 cm³/mol. The molecule has 2 aromatic rings. The maximum absolute atomic E-state index is 11.7. The molecule has 0 saturated heterocycles. The van der Waals surface area contributed by atoms with Gasteiger partial charge in [0.05, 0.1) is 11.2 Å². The Morgan fingerprint density at radius 1 is 1.55 bits per heavy atom. The number of anilines is 1.